The molecule has 186 valence electrons. The predicted octanol–water partition coefficient (Wildman–Crippen LogP) is 7.16. The summed E-state index contributed by atoms with van der Waals surface area (Å²) in [6.45, 7) is 3.82. The number of ether oxygens (including phenoxy) is 1. The average Bonchev–Trinajstić information content (AvgIpc) is 3.63. The lowest BCUT2D eigenvalue weighted by atomic mass is 9.78. The van der Waals surface area contributed by atoms with Crippen LogP contribution in [0.5, 0.6) is 5.75 Å². The molecule has 0 bridgehead atoms. The Morgan fingerprint density at radius 1 is 1.12 bits per heavy atom. The first-order valence-electron chi connectivity index (χ1n) is 12.2. The van der Waals surface area contributed by atoms with Gasteiger partial charge in [-0.2, -0.15) is 13.5 Å². The number of carboxylic acid groups (broad SMARTS) is 1. The van der Waals surface area contributed by atoms with Crippen LogP contribution in [0.1, 0.15) is 80.9 Å². The number of aliphatic carboxylic acids is 1. The molecule has 2 saturated carbocycles. The molecule has 1 unspecified atom stereocenters. The van der Waals surface area contributed by atoms with Gasteiger partial charge in [0.05, 0.1) is 6.61 Å². The molecule has 3 nitrogen and oxygen atoms in total. The van der Waals surface area contributed by atoms with E-state index in [1.54, 1.807) is 18.2 Å². The maximum atomic E-state index is 15.0. The van der Waals surface area contributed by atoms with Crippen LogP contribution in [0.15, 0.2) is 42.5 Å². The molecule has 2 fully saturated rings. The van der Waals surface area contributed by atoms with Crippen molar-refractivity contribution in [2.75, 3.05) is 6.61 Å². The summed E-state index contributed by atoms with van der Waals surface area (Å²) in [7, 11) is 0. The third-order valence-corrected chi connectivity index (χ3v) is 7.55. The summed E-state index contributed by atoms with van der Waals surface area (Å²) < 4.78 is 35.5. The van der Waals surface area contributed by atoms with E-state index in [0.717, 1.165) is 50.5 Å². The lowest BCUT2D eigenvalue weighted by Gasteiger charge is -2.30. The van der Waals surface area contributed by atoms with Gasteiger partial charge in [-0.05, 0) is 105 Å². The molecule has 6 heteroatoms. The standard InChI is InChI=1S/C28H34F2O3.H2S/c1-3-18-9-14-25(29)24(15-18)20-10-7-19(8-11-20)17-33-23-6-4-5-22(16-23)26(21-12-13-21)28(2,30)27(31)32;/h4-6,9,14-16,19-21,26H,3,7-8,10-13,17H2,1-2H3,(H,31,32);1H2/t19?,20?,26-,28?;/m0./s1. The molecule has 2 atom stereocenters. The fraction of sp³-hybridized carbons (Fsp3) is 0.536. The molecule has 0 aliphatic heterocycles. The molecule has 1 N–H and O–H groups in total. The summed E-state index contributed by atoms with van der Waals surface area (Å²) in [5.41, 5.74) is 0.411. The fourth-order valence-corrected chi connectivity index (χ4v) is 5.37. The largest absolute Gasteiger partial charge is 0.493 e. The topological polar surface area (TPSA) is 46.5 Å². The quantitative estimate of drug-likeness (QED) is 0.406. The third kappa shape index (κ3) is 5.94. The Morgan fingerprint density at radius 3 is 2.44 bits per heavy atom. The SMILES string of the molecule is CCc1ccc(F)c(C2CCC(COc3cccc([C@H](C4CC4)C(C)(F)C(=O)O)c3)CC2)c1.S. The summed E-state index contributed by atoms with van der Waals surface area (Å²) in [5, 5.41) is 9.41. The Balaban J connectivity index is 0.00000324. The zero-order valence-electron chi connectivity index (χ0n) is 20.0. The van der Waals surface area contributed by atoms with Crippen molar-refractivity contribution in [1.82, 2.24) is 0 Å². The molecule has 2 aliphatic rings. The summed E-state index contributed by atoms with van der Waals surface area (Å²) in [6.07, 6.45) is 6.46. The summed E-state index contributed by atoms with van der Waals surface area (Å²) in [4.78, 5) is 11.5. The van der Waals surface area contributed by atoms with E-state index in [-0.39, 0.29) is 31.1 Å². The van der Waals surface area contributed by atoms with Crippen molar-refractivity contribution in [3.63, 3.8) is 0 Å². The summed E-state index contributed by atoms with van der Waals surface area (Å²) >= 11 is 0. The van der Waals surface area contributed by atoms with Gasteiger partial charge in [0.1, 0.15) is 11.6 Å². The monoisotopic (exact) mass is 490 g/mol. The lowest BCUT2D eigenvalue weighted by molar-refractivity contribution is -0.151. The minimum Gasteiger partial charge on any atom is -0.493 e. The molecular weight excluding hydrogens is 454 g/mol. The van der Waals surface area contributed by atoms with Gasteiger partial charge in [0.25, 0.3) is 0 Å². The van der Waals surface area contributed by atoms with Crippen LogP contribution in [0.3, 0.4) is 0 Å². The number of alkyl halides is 1. The number of halogens is 2. The number of benzene rings is 2. The van der Waals surface area contributed by atoms with Crippen LogP contribution < -0.4 is 4.74 Å². The van der Waals surface area contributed by atoms with Crippen molar-refractivity contribution in [3.8, 4) is 5.75 Å². The Kier molecular flexibility index (Phi) is 8.66. The minimum absolute atomic E-state index is 0. The first-order valence-corrected chi connectivity index (χ1v) is 12.2. The van der Waals surface area contributed by atoms with Crippen LogP contribution >= 0.6 is 13.5 Å². The number of hydrogen-bond acceptors (Lipinski definition) is 2. The van der Waals surface area contributed by atoms with Crippen LogP contribution in [0.25, 0.3) is 0 Å². The van der Waals surface area contributed by atoms with Gasteiger partial charge in [0, 0.05) is 5.92 Å². The van der Waals surface area contributed by atoms with E-state index in [0.29, 0.717) is 23.8 Å². The maximum absolute atomic E-state index is 15.0. The highest BCUT2D eigenvalue weighted by molar-refractivity contribution is 7.59. The van der Waals surface area contributed by atoms with Gasteiger partial charge in [-0.1, -0.05) is 31.2 Å². The molecule has 34 heavy (non-hydrogen) atoms. The molecular formula is C28H36F2O3S. The van der Waals surface area contributed by atoms with E-state index in [2.05, 4.69) is 6.92 Å². The highest BCUT2D eigenvalue weighted by atomic mass is 32.1. The number of carboxylic acids is 1. The molecule has 0 spiro atoms. The Hall–Kier alpha value is -2.08. The van der Waals surface area contributed by atoms with Crippen molar-refractivity contribution in [1.29, 1.82) is 0 Å². The Morgan fingerprint density at radius 2 is 1.82 bits per heavy atom. The third-order valence-electron chi connectivity index (χ3n) is 7.55. The molecule has 0 heterocycles. The van der Waals surface area contributed by atoms with E-state index in [1.165, 1.54) is 12.5 Å². The van der Waals surface area contributed by atoms with E-state index in [1.807, 2.05) is 24.3 Å². The molecule has 4 rings (SSSR count). The molecule has 0 aromatic heterocycles. The molecule has 2 aromatic rings. The highest BCUT2D eigenvalue weighted by Gasteiger charge is 2.50. The zero-order valence-corrected chi connectivity index (χ0v) is 21.0. The Labute approximate surface area is 208 Å². The number of aryl methyl sites for hydroxylation is 1. The number of rotatable bonds is 9. The second-order valence-electron chi connectivity index (χ2n) is 10.0. The van der Waals surface area contributed by atoms with Crippen LogP contribution in [0.2, 0.25) is 0 Å². The van der Waals surface area contributed by atoms with Gasteiger partial charge < -0.3 is 9.84 Å². The molecule has 2 aromatic carbocycles. The van der Waals surface area contributed by atoms with E-state index in [9.17, 15) is 14.3 Å². The van der Waals surface area contributed by atoms with E-state index in [4.69, 9.17) is 4.74 Å². The van der Waals surface area contributed by atoms with Gasteiger partial charge >= 0.3 is 5.97 Å². The van der Waals surface area contributed by atoms with Crippen LogP contribution in [-0.2, 0) is 11.2 Å². The van der Waals surface area contributed by atoms with Crippen LogP contribution in [0, 0.1) is 17.7 Å². The van der Waals surface area contributed by atoms with Gasteiger partial charge in [-0.3, -0.25) is 0 Å². The average molecular weight is 491 g/mol. The number of carbonyl (C=O) groups is 1. The first-order chi connectivity index (χ1) is 15.8. The zero-order chi connectivity index (χ0) is 23.6. The summed E-state index contributed by atoms with van der Waals surface area (Å²) in [5.74, 6) is -0.807. The second kappa shape index (κ2) is 11.1. The van der Waals surface area contributed by atoms with Crippen molar-refractivity contribution in [2.45, 2.75) is 76.3 Å². The summed E-state index contributed by atoms with van der Waals surface area (Å²) in [6, 6.07) is 12.8. The predicted molar refractivity (Wildman–Crippen MR) is 135 cm³/mol. The van der Waals surface area contributed by atoms with Crippen LogP contribution in [-0.4, -0.2) is 23.4 Å². The van der Waals surface area contributed by atoms with Crippen molar-refractivity contribution < 1.29 is 23.4 Å². The smallest absolute Gasteiger partial charge is 0.341 e. The van der Waals surface area contributed by atoms with Gasteiger partial charge in [-0.15, -0.1) is 0 Å². The van der Waals surface area contributed by atoms with Crippen LogP contribution in [0.4, 0.5) is 8.78 Å². The normalized spacial score (nSPS) is 22.8. The molecule has 0 amide bonds. The molecule has 0 radical (unpaired) electrons. The second-order valence-corrected chi connectivity index (χ2v) is 10.0. The van der Waals surface area contributed by atoms with Gasteiger partial charge in [0.15, 0.2) is 0 Å². The number of hydrogen-bond donors (Lipinski definition) is 1. The Bertz CT molecular complexity index is 981. The lowest BCUT2D eigenvalue weighted by Crippen LogP contribution is -2.38. The van der Waals surface area contributed by atoms with Crippen molar-refractivity contribution >= 4 is 19.5 Å². The molecule has 2 aliphatic carbocycles. The van der Waals surface area contributed by atoms with Gasteiger partial charge in [0.2, 0.25) is 5.67 Å². The van der Waals surface area contributed by atoms with Crippen molar-refractivity contribution in [2.24, 2.45) is 11.8 Å². The maximum Gasteiger partial charge on any atom is 0.341 e. The first kappa shape index (κ1) is 26.5. The molecule has 0 saturated heterocycles. The van der Waals surface area contributed by atoms with Crippen molar-refractivity contribution in [3.05, 3.63) is 65.0 Å². The highest BCUT2D eigenvalue weighted by Crippen LogP contribution is 2.50. The van der Waals surface area contributed by atoms with E-state index < -0.39 is 17.6 Å². The van der Waals surface area contributed by atoms with Gasteiger partial charge in [-0.25, -0.2) is 13.6 Å². The minimum atomic E-state index is -2.30. The van der Waals surface area contributed by atoms with E-state index >= 15 is 4.39 Å². The fourth-order valence-electron chi connectivity index (χ4n) is 5.37.